The maximum absolute atomic E-state index is 12.6. The molecule has 0 saturated heterocycles. The molecule has 2 rings (SSSR count). The van der Waals surface area contributed by atoms with E-state index in [0.29, 0.717) is 29.0 Å². The third-order valence-electron chi connectivity index (χ3n) is 4.27. The number of nitrogens with two attached hydrogens (primary N) is 1. The van der Waals surface area contributed by atoms with E-state index in [1.807, 2.05) is 11.9 Å². The Labute approximate surface area is 120 Å². The van der Waals surface area contributed by atoms with Crippen molar-refractivity contribution in [2.24, 2.45) is 5.92 Å². The Morgan fingerprint density at radius 1 is 1.40 bits per heavy atom. The van der Waals surface area contributed by atoms with Gasteiger partial charge in [0.2, 0.25) is 0 Å². The Hall–Kier alpha value is -1.71. The van der Waals surface area contributed by atoms with Crippen molar-refractivity contribution in [3.8, 4) is 5.75 Å². The van der Waals surface area contributed by atoms with E-state index in [2.05, 4.69) is 6.92 Å². The van der Waals surface area contributed by atoms with Crippen molar-refractivity contribution in [1.82, 2.24) is 4.90 Å². The van der Waals surface area contributed by atoms with Crippen LogP contribution >= 0.6 is 0 Å². The third kappa shape index (κ3) is 3.06. The van der Waals surface area contributed by atoms with Gasteiger partial charge >= 0.3 is 0 Å². The molecule has 2 unspecified atom stereocenters. The van der Waals surface area contributed by atoms with Crippen LogP contribution in [0.5, 0.6) is 5.75 Å². The van der Waals surface area contributed by atoms with Gasteiger partial charge in [-0.2, -0.15) is 0 Å². The van der Waals surface area contributed by atoms with Crippen LogP contribution in [-0.2, 0) is 0 Å². The summed E-state index contributed by atoms with van der Waals surface area (Å²) in [6.45, 7) is 2.25. The van der Waals surface area contributed by atoms with Crippen molar-refractivity contribution in [2.75, 3.05) is 19.9 Å². The molecule has 110 valence electrons. The molecule has 4 nitrogen and oxygen atoms in total. The lowest BCUT2D eigenvalue weighted by molar-refractivity contribution is 0.0673. The molecule has 1 aromatic carbocycles. The Morgan fingerprint density at radius 2 is 2.15 bits per heavy atom. The van der Waals surface area contributed by atoms with Crippen molar-refractivity contribution < 1.29 is 9.53 Å². The van der Waals surface area contributed by atoms with Crippen LogP contribution in [0.2, 0.25) is 0 Å². The fourth-order valence-corrected chi connectivity index (χ4v) is 2.96. The van der Waals surface area contributed by atoms with E-state index >= 15 is 0 Å². The van der Waals surface area contributed by atoms with Crippen LogP contribution < -0.4 is 10.5 Å². The van der Waals surface area contributed by atoms with Gasteiger partial charge in [-0.15, -0.1) is 0 Å². The highest BCUT2D eigenvalue weighted by Gasteiger charge is 2.27. The summed E-state index contributed by atoms with van der Waals surface area (Å²) in [5.41, 5.74) is 6.98. The van der Waals surface area contributed by atoms with Crippen LogP contribution in [0.4, 0.5) is 5.69 Å². The van der Waals surface area contributed by atoms with E-state index < -0.39 is 0 Å². The lowest BCUT2D eigenvalue weighted by Crippen LogP contribution is -2.40. The van der Waals surface area contributed by atoms with Gasteiger partial charge in [-0.3, -0.25) is 4.79 Å². The second-order valence-electron chi connectivity index (χ2n) is 5.79. The first-order valence-corrected chi connectivity index (χ1v) is 7.23. The number of amides is 1. The summed E-state index contributed by atoms with van der Waals surface area (Å²) in [4.78, 5) is 14.5. The summed E-state index contributed by atoms with van der Waals surface area (Å²) in [5.74, 6) is 1.33. The van der Waals surface area contributed by atoms with Crippen LogP contribution in [-0.4, -0.2) is 31.0 Å². The average molecular weight is 276 g/mol. The van der Waals surface area contributed by atoms with E-state index in [9.17, 15) is 4.79 Å². The quantitative estimate of drug-likeness (QED) is 0.864. The van der Waals surface area contributed by atoms with Gasteiger partial charge in [0.1, 0.15) is 5.75 Å². The summed E-state index contributed by atoms with van der Waals surface area (Å²) in [5, 5.41) is 0. The monoisotopic (exact) mass is 276 g/mol. The maximum atomic E-state index is 12.6. The van der Waals surface area contributed by atoms with Crippen LogP contribution in [0.3, 0.4) is 0 Å². The number of ether oxygens (including phenoxy) is 1. The van der Waals surface area contributed by atoms with Crippen LogP contribution in [0.1, 0.15) is 43.0 Å². The SMILES string of the molecule is COc1ccc(N)c(C(=O)N(C)C2CCCC(C)C2)c1. The molecule has 1 aliphatic carbocycles. The molecule has 1 aromatic rings. The highest BCUT2D eigenvalue weighted by molar-refractivity contribution is 5.99. The molecule has 1 saturated carbocycles. The number of hydrogen-bond acceptors (Lipinski definition) is 3. The second kappa shape index (κ2) is 6.16. The molecule has 0 bridgehead atoms. The van der Waals surface area contributed by atoms with Gasteiger partial charge in [0.25, 0.3) is 5.91 Å². The highest BCUT2D eigenvalue weighted by atomic mass is 16.5. The molecule has 4 heteroatoms. The maximum Gasteiger partial charge on any atom is 0.256 e. The summed E-state index contributed by atoms with van der Waals surface area (Å²) in [7, 11) is 3.47. The summed E-state index contributed by atoms with van der Waals surface area (Å²) in [6.07, 6.45) is 4.61. The molecule has 0 aromatic heterocycles. The molecule has 0 radical (unpaired) electrons. The van der Waals surface area contributed by atoms with Gasteiger partial charge in [-0.1, -0.05) is 19.8 Å². The van der Waals surface area contributed by atoms with Gasteiger partial charge in [-0.25, -0.2) is 0 Å². The molecule has 0 heterocycles. The number of carbonyl (C=O) groups is 1. The third-order valence-corrected chi connectivity index (χ3v) is 4.27. The molecule has 1 aliphatic rings. The van der Waals surface area contributed by atoms with Crippen molar-refractivity contribution in [2.45, 2.75) is 38.6 Å². The molecule has 2 N–H and O–H groups in total. The number of hydrogen-bond donors (Lipinski definition) is 1. The van der Waals surface area contributed by atoms with E-state index in [1.54, 1.807) is 25.3 Å². The summed E-state index contributed by atoms with van der Waals surface area (Å²) >= 11 is 0. The highest BCUT2D eigenvalue weighted by Crippen LogP contribution is 2.29. The lowest BCUT2D eigenvalue weighted by Gasteiger charge is -2.34. The number of rotatable bonds is 3. The van der Waals surface area contributed by atoms with Gasteiger partial charge in [-0.05, 0) is 37.0 Å². The van der Waals surface area contributed by atoms with Crippen molar-refractivity contribution in [1.29, 1.82) is 0 Å². The summed E-state index contributed by atoms with van der Waals surface area (Å²) < 4.78 is 5.18. The number of anilines is 1. The fraction of sp³-hybridized carbons (Fsp3) is 0.562. The van der Waals surface area contributed by atoms with Gasteiger partial charge < -0.3 is 15.4 Å². The first-order chi connectivity index (χ1) is 9.52. The average Bonchev–Trinajstić information content (AvgIpc) is 2.46. The standard InChI is InChI=1S/C16H24N2O2/c1-11-5-4-6-12(9-11)18(2)16(19)14-10-13(20-3)7-8-15(14)17/h7-8,10-12H,4-6,9,17H2,1-3H3. The van der Waals surface area contributed by atoms with Crippen molar-refractivity contribution >= 4 is 11.6 Å². The molecule has 0 aliphatic heterocycles. The number of benzene rings is 1. The Morgan fingerprint density at radius 3 is 2.80 bits per heavy atom. The van der Waals surface area contributed by atoms with Gasteiger partial charge in [0.15, 0.2) is 0 Å². The zero-order chi connectivity index (χ0) is 14.7. The first kappa shape index (κ1) is 14.7. The molecular weight excluding hydrogens is 252 g/mol. The molecule has 20 heavy (non-hydrogen) atoms. The minimum absolute atomic E-state index is 0.0134. The van der Waals surface area contributed by atoms with Crippen LogP contribution in [0, 0.1) is 5.92 Å². The predicted octanol–water partition coefficient (Wildman–Crippen LogP) is 2.93. The number of nitrogens with zero attached hydrogens (tertiary/aromatic N) is 1. The van der Waals surface area contributed by atoms with Gasteiger partial charge in [0.05, 0.1) is 12.7 Å². The van der Waals surface area contributed by atoms with Crippen LogP contribution in [0.25, 0.3) is 0 Å². The summed E-state index contributed by atoms with van der Waals surface area (Å²) in [6, 6.07) is 5.54. The second-order valence-corrected chi connectivity index (χ2v) is 5.79. The fourth-order valence-electron chi connectivity index (χ4n) is 2.96. The lowest BCUT2D eigenvalue weighted by atomic mass is 9.86. The largest absolute Gasteiger partial charge is 0.497 e. The number of nitrogen functional groups attached to an aromatic ring is 1. The number of carbonyl (C=O) groups excluding carboxylic acids is 1. The minimum Gasteiger partial charge on any atom is -0.497 e. The zero-order valence-corrected chi connectivity index (χ0v) is 12.6. The van der Waals surface area contributed by atoms with Crippen molar-refractivity contribution in [3.05, 3.63) is 23.8 Å². The molecule has 1 fully saturated rings. The van der Waals surface area contributed by atoms with E-state index in [-0.39, 0.29) is 5.91 Å². The predicted molar refractivity (Wildman–Crippen MR) is 80.9 cm³/mol. The Balaban J connectivity index is 2.17. The van der Waals surface area contributed by atoms with Gasteiger partial charge in [0, 0.05) is 18.8 Å². The minimum atomic E-state index is -0.0134. The zero-order valence-electron chi connectivity index (χ0n) is 12.6. The topological polar surface area (TPSA) is 55.6 Å². The van der Waals surface area contributed by atoms with Crippen LogP contribution in [0.15, 0.2) is 18.2 Å². The first-order valence-electron chi connectivity index (χ1n) is 7.23. The normalized spacial score (nSPS) is 22.4. The molecular formula is C16H24N2O2. The molecule has 0 spiro atoms. The smallest absolute Gasteiger partial charge is 0.256 e. The van der Waals surface area contributed by atoms with E-state index in [0.717, 1.165) is 12.8 Å². The number of methoxy groups -OCH3 is 1. The molecule has 2 atom stereocenters. The Bertz CT molecular complexity index is 487. The Kier molecular flexibility index (Phi) is 4.53. The van der Waals surface area contributed by atoms with E-state index in [4.69, 9.17) is 10.5 Å². The molecule has 1 amide bonds. The van der Waals surface area contributed by atoms with Crippen molar-refractivity contribution in [3.63, 3.8) is 0 Å². The van der Waals surface area contributed by atoms with E-state index in [1.165, 1.54) is 12.8 Å².